The summed E-state index contributed by atoms with van der Waals surface area (Å²) in [7, 11) is 0. The zero-order chi connectivity index (χ0) is 11.8. The van der Waals surface area contributed by atoms with Crippen molar-refractivity contribution in [1.29, 1.82) is 0 Å². The second-order valence-corrected chi connectivity index (χ2v) is 5.00. The van der Waals surface area contributed by atoms with Crippen molar-refractivity contribution < 1.29 is 14.7 Å². The van der Waals surface area contributed by atoms with Crippen LogP contribution in [0.5, 0.6) is 0 Å². The fourth-order valence-electron chi connectivity index (χ4n) is 2.37. The quantitative estimate of drug-likeness (QED) is 0.633. The second kappa shape index (κ2) is 4.05. The molecular weight excluding hydrogens is 208 g/mol. The molecule has 2 unspecified atom stereocenters. The minimum absolute atomic E-state index is 0.0730. The van der Waals surface area contributed by atoms with E-state index in [-0.39, 0.29) is 17.7 Å². The molecule has 2 aliphatic rings. The monoisotopic (exact) mass is 226 g/mol. The van der Waals surface area contributed by atoms with Crippen LogP contribution >= 0.6 is 0 Å². The zero-order valence-corrected chi connectivity index (χ0v) is 9.24. The molecule has 2 fully saturated rings. The van der Waals surface area contributed by atoms with E-state index in [1.807, 2.05) is 0 Å². The number of carbonyl (C=O) groups is 2. The number of aliphatic carboxylic acids is 1. The van der Waals surface area contributed by atoms with Gasteiger partial charge in [0.2, 0.25) is 5.91 Å². The summed E-state index contributed by atoms with van der Waals surface area (Å²) in [6.45, 7) is 0.453. The van der Waals surface area contributed by atoms with Crippen molar-refractivity contribution in [3.8, 4) is 0 Å². The molecule has 5 nitrogen and oxygen atoms in total. The molecule has 0 radical (unpaired) electrons. The third-order valence-corrected chi connectivity index (χ3v) is 3.74. The van der Waals surface area contributed by atoms with Crippen LogP contribution in [0, 0.1) is 11.8 Å². The number of nitrogens with one attached hydrogen (secondary N) is 1. The predicted molar refractivity (Wildman–Crippen MR) is 57.6 cm³/mol. The van der Waals surface area contributed by atoms with Crippen LogP contribution in [0.2, 0.25) is 0 Å². The molecule has 0 bridgehead atoms. The van der Waals surface area contributed by atoms with E-state index in [4.69, 9.17) is 10.8 Å². The molecule has 0 aromatic rings. The minimum Gasteiger partial charge on any atom is -0.481 e. The number of carboxylic acids is 1. The Labute approximate surface area is 94.4 Å². The average molecular weight is 226 g/mol. The van der Waals surface area contributed by atoms with Crippen LogP contribution in [0.4, 0.5) is 0 Å². The van der Waals surface area contributed by atoms with Gasteiger partial charge < -0.3 is 16.2 Å². The summed E-state index contributed by atoms with van der Waals surface area (Å²) in [5.41, 5.74) is 5.09. The highest BCUT2D eigenvalue weighted by atomic mass is 16.4. The smallest absolute Gasteiger partial charge is 0.306 e. The van der Waals surface area contributed by atoms with E-state index in [0.29, 0.717) is 6.54 Å². The largest absolute Gasteiger partial charge is 0.481 e. The van der Waals surface area contributed by atoms with Crippen LogP contribution in [0.3, 0.4) is 0 Å². The Hall–Kier alpha value is -1.10. The molecule has 0 spiro atoms. The first kappa shape index (κ1) is 11.4. The van der Waals surface area contributed by atoms with E-state index in [1.54, 1.807) is 0 Å². The molecule has 2 saturated carbocycles. The molecular formula is C11H18N2O3. The lowest BCUT2D eigenvalue weighted by molar-refractivity contribution is -0.143. The van der Waals surface area contributed by atoms with E-state index in [1.165, 1.54) is 0 Å². The molecule has 1 amide bonds. The standard InChI is InChI=1S/C11H18N2O3/c12-11(4-5-11)10(16)13-6-7-2-1-3-8(7)9(14)15/h7-8H,1-6,12H2,(H,13,16)(H,14,15). The number of hydrogen-bond acceptors (Lipinski definition) is 3. The number of amides is 1. The number of carboxylic acid groups (broad SMARTS) is 1. The van der Waals surface area contributed by atoms with Crippen molar-refractivity contribution in [3.63, 3.8) is 0 Å². The van der Waals surface area contributed by atoms with Crippen LogP contribution in [0.1, 0.15) is 32.1 Å². The minimum atomic E-state index is -0.745. The molecule has 16 heavy (non-hydrogen) atoms. The van der Waals surface area contributed by atoms with Crippen LogP contribution in [0.25, 0.3) is 0 Å². The summed E-state index contributed by atoms with van der Waals surface area (Å²) in [5.74, 6) is -1.09. The van der Waals surface area contributed by atoms with Gasteiger partial charge in [-0.3, -0.25) is 9.59 Å². The molecule has 0 aromatic heterocycles. The third kappa shape index (κ3) is 2.19. The normalized spacial score (nSPS) is 31.1. The van der Waals surface area contributed by atoms with E-state index in [9.17, 15) is 9.59 Å². The highest BCUT2D eigenvalue weighted by Gasteiger charge is 2.46. The SMILES string of the molecule is NC1(C(=O)NCC2CCCC2C(=O)O)CC1. The van der Waals surface area contributed by atoms with Gasteiger partial charge in [0.1, 0.15) is 0 Å². The molecule has 2 atom stereocenters. The fourth-order valence-corrected chi connectivity index (χ4v) is 2.37. The van der Waals surface area contributed by atoms with Gasteiger partial charge in [-0.15, -0.1) is 0 Å². The van der Waals surface area contributed by atoms with Crippen LogP contribution < -0.4 is 11.1 Å². The van der Waals surface area contributed by atoms with Gasteiger partial charge in [0.25, 0.3) is 0 Å². The van der Waals surface area contributed by atoms with Gasteiger partial charge in [-0.25, -0.2) is 0 Å². The van der Waals surface area contributed by atoms with Crippen LogP contribution in [0.15, 0.2) is 0 Å². The summed E-state index contributed by atoms with van der Waals surface area (Å²) < 4.78 is 0. The predicted octanol–water partition coefficient (Wildman–Crippen LogP) is 0.0948. The highest BCUT2D eigenvalue weighted by molar-refractivity contribution is 5.89. The average Bonchev–Trinajstić information content (AvgIpc) is 2.82. The summed E-state index contributed by atoms with van der Waals surface area (Å²) in [4.78, 5) is 22.5. The van der Waals surface area contributed by atoms with Gasteiger partial charge >= 0.3 is 5.97 Å². The Morgan fingerprint density at radius 3 is 2.62 bits per heavy atom. The Kier molecular flexibility index (Phi) is 2.88. The van der Waals surface area contributed by atoms with Gasteiger partial charge in [0.05, 0.1) is 11.5 Å². The number of hydrogen-bond donors (Lipinski definition) is 3. The maximum atomic E-state index is 11.6. The summed E-state index contributed by atoms with van der Waals surface area (Å²) >= 11 is 0. The Bertz CT molecular complexity index is 312. The Morgan fingerprint density at radius 1 is 1.38 bits per heavy atom. The van der Waals surface area contributed by atoms with Gasteiger partial charge in [0.15, 0.2) is 0 Å². The van der Waals surface area contributed by atoms with Gasteiger partial charge in [-0.1, -0.05) is 6.42 Å². The van der Waals surface area contributed by atoms with Crippen molar-refractivity contribution >= 4 is 11.9 Å². The number of nitrogens with two attached hydrogens (primary N) is 1. The first-order valence-corrected chi connectivity index (χ1v) is 5.83. The lowest BCUT2D eigenvalue weighted by Crippen LogP contribution is -2.45. The topological polar surface area (TPSA) is 92.4 Å². The van der Waals surface area contributed by atoms with E-state index in [0.717, 1.165) is 32.1 Å². The zero-order valence-electron chi connectivity index (χ0n) is 9.24. The Balaban J connectivity index is 1.81. The van der Waals surface area contributed by atoms with Crippen molar-refractivity contribution in [2.45, 2.75) is 37.6 Å². The summed E-state index contributed by atoms with van der Waals surface area (Å²) in [5, 5.41) is 11.8. The lowest BCUT2D eigenvalue weighted by atomic mass is 9.96. The molecule has 0 heterocycles. The van der Waals surface area contributed by atoms with Gasteiger partial charge in [-0.05, 0) is 31.6 Å². The fraction of sp³-hybridized carbons (Fsp3) is 0.818. The summed E-state index contributed by atoms with van der Waals surface area (Å²) in [6.07, 6.45) is 4.03. The number of rotatable bonds is 4. The molecule has 0 aliphatic heterocycles. The maximum Gasteiger partial charge on any atom is 0.306 e. The van der Waals surface area contributed by atoms with Crippen molar-refractivity contribution in [2.75, 3.05) is 6.54 Å². The lowest BCUT2D eigenvalue weighted by Gasteiger charge is -2.17. The maximum absolute atomic E-state index is 11.6. The van der Waals surface area contributed by atoms with Crippen LogP contribution in [-0.2, 0) is 9.59 Å². The van der Waals surface area contributed by atoms with E-state index in [2.05, 4.69) is 5.32 Å². The number of carbonyl (C=O) groups excluding carboxylic acids is 1. The molecule has 90 valence electrons. The molecule has 5 heteroatoms. The highest BCUT2D eigenvalue weighted by Crippen LogP contribution is 2.34. The third-order valence-electron chi connectivity index (χ3n) is 3.74. The molecule has 4 N–H and O–H groups in total. The van der Waals surface area contributed by atoms with Gasteiger partial charge in [0, 0.05) is 6.54 Å². The summed E-state index contributed by atoms with van der Waals surface area (Å²) in [6, 6.07) is 0. The van der Waals surface area contributed by atoms with Crippen molar-refractivity contribution in [3.05, 3.63) is 0 Å². The van der Waals surface area contributed by atoms with Crippen molar-refractivity contribution in [1.82, 2.24) is 5.32 Å². The molecule has 2 aliphatic carbocycles. The Morgan fingerprint density at radius 2 is 2.06 bits per heavy atom. The first-order valence-electron chi connectivity index (χ1n) is 5.83. The molecule has 0 aromatic carbocycles. The second-order valence-electron chi connectivity index (χ2n) is 5.00. The van der Waals surface area contributed by atoms with Crippen LogP contribution in [-0.4, -0.2) is 29.1 Å². The first-order chi connectivity index (χ1) is 7.53. The van der Waals surface area contributed by atoms with Gasteiger partial charge in [-0.2, -0.15) is 0 Å². The van der Waals surface area contributed by atoms with E-state index < -0.39 is 11.5 Å². The van der Waals surface area contributed by atoms with Crippen molar-refractivity contribution in [2.24, 2.45) is 17.6 Å². The molecule has 0 saturated heterocycles. The van der Waals surface area contributed by atoms with E-state index >= 15 is 0 Å². The molecule has 2 rings (SSSR count).